The minimum Gasteiger partial charge on any atom is -0.457 e. The summed E-state index contributed by atoms with van der Waals surface area (Å²) in [6, 6.07) is 1.93. The van der Waals surface area contributed by atoms with Crippen LogP contribution in [0.2, 0.25) is 0 Å². The summed E-state index contributed by atoms with van der Waals surface area (Å²) in [7, 11) is 0. The highest BCUT2D eigenvalue weighted by Crippen LogP contribution is 2.43. The highest BCUT2D eigenvalue weighted by Gasteiger charge is 2.51. The Balaban J connectivity index is 1.49. The molecular weight excluding hydrogens is 544 g/mol. The lowest BCUT2D eigenvalue weighted by atomic mass is 10.1. The number of nitrogens with zero attached hydrogens (tertiary/aromatic N) is 6. The van der Waals surface area contributed by atoms with Gasteiger partial charge in [0.2, 0.25) is 5.95 Å². The number of likely N-dealkylation sites (tertiary alicyclic amines) is 1. The van der Waals surface area contributed by atoms with Crippen molar-refractivity contribution in [2.45, 2.75) is 89.9 Å². The Morgan fingerprint density at radius 3 is 2.52 bits per heavy atom. The van der Waals surface area contributed by atoms with Crippen LogP contribution >= 0.6 is 0 Å². The molecule has 2 aliphatic heterocycles. The Bertz CT molecular complexity index is 1320. The normalized spacial score (nSPS) is 22.9. The maximum atomic E-state index is 11.6. The maximum Gasteiger partial charge on any atom is 0.293 e. The average Bonchev–Trinajstić information content (AvgIpc) is 3.74. The molecule has 2 N–H and O–H groups in total. The summed E-state index contributed by atoms with van der Waals surface area (Å²) >= 11 is 0. The van der Waals surface area contributed by atoms with E-state index < -0.39 is 24.5 Å². The first-order chi connectivity index (χ1) is 20.6. The van der Waals surface area contributed by atoms with Gasteiger partial charge in [-0.1, -0.05) is 32.3 Å². The number of hydrogen-bond donors (Lipinski definition) is 2. The Morgan fingerprint density at radius 2 is 1.83 bits per heavy atom. The van der Waals surface area contributed by atoms with E-state index in [-0.39, 0.29) is 6.04 Å². The van der Waals surface area contributed by atoms with Crippen molar-refractivity contribution in [1.29, 1.82) is 0 Å². The summed E-state index contributed by atoms with van der Waals surface area (Å²) in [6.45, 7) is 10.6. The van der Waals surface area contributed by atoms with Crippen LogP contribution in [0, 0.1) is 0 Å². The highest BCUT2D eigenvalue weighted by molar-refractivity contribution is 5.84. The molecule has 5 heterocycles. The fourth-order valence-electron chi connectivity index (χ4n) is 5.62. The van der Waals surface area contributed by atoms with Gasteiger partial charge >= 0.3 is 0 Å². The molecule has 2 saturated heterocycles. The predicted octanol–water partition coefficient (Wildman–Crippen LogP) is 3.23. The average molecular weight is 585 g/mol. The molecule has 0 aromatic carbocycles. The second-order valence-corrected chi connectivity index (χ2v) is 10.6. The minimum atomic E-state index is -1.01. The van der Waals surface area contributed by atoms with Gasteiger partial charge in [0, 0.05) is 25.2 Å². The lowest BCUT2D eigenvalue weighted by Crippen LogP contribution is -2.34. The Labute approximate surface area is 244 Å². The van der Waals surface area contributed by atoms with E-state index in [1.165, 1.54) is 19.3 Å². The van der Waals surface area contributed by atoms with Gasteiger partial charge in [0.25, 0.3) is 12.9 Å². The van der Waals surface area contributed by atoms with Crippen molar-refractivity contribution >= 4 is 35.9 Å². The number of anilines is 2. The van der Waals surface area contributed by atoms with Gasteiger partial charge in [-0.05, 0) is 45.2 Å². The molecule has 0 radical (unpaired) electrons. The number of hydrogen-bond acceptors (Lipinski definition) is 13. The monoisotopic (exact) mass is 584 g/mol. The number of carbonyl (C=O) groups is 2. The van der Waals surface area contributed by atoms with E-state index in [9.17, 15) is 9.59 Å². The maximum absolute atomic E-state index is 11.6. The molecule has 4 atom stereocenters. The third-order valence-corrected chi connectivity index (χ3v) is 8.02. The van der Waals surface area contributed by atoms with Gasteiger partial charge in [-0.3, -0.25) is 14.2 Å². The van der Waals surface area contributed by atoms with E-state index in [2.05, 4.69) is 39.5 Å². The molecule has 3 aromatic rings. The second-order valence-electron chi connectivity index (χ2n) is 10.6. The molecule has 0 aliphatic carbocycles. The summed E-state index contributed by atoms with van der Waals surface area (Å²) in [5.74, 6) is 1.40. The summed E-state index contributed by atoms with van der Waals surface area (Å²) in [6.07, 6.45) is 3.96. The molecule has 5 rings (SSSR count). The predicted molar refractivity (Wildman–Crippen MR) is 153 cm³/mol. The number of nitrogens with one attached hydrogen (secondary N) is 2. The quantitative estimate of drug-likeness (QED) is 0.251. The third-order valence-electron chi connectivity index (χ3n) is 8.02. The Hall–Kier alpha value is -3.78. The molecule has 0 spiro atoms. The fourth-order valence-corrected chi connectivity index (χ4v) is 5.62. The van der Waals surface area contributed by atoms with Crippen LogP contribution in [0.15, 0.2) is 16.9 Å². The molecule has 0 saturated carbocycles. The van der Waals surface area contributed by atoms with Gasteiger partial charge in [0.05, 0.1) is 12.0 Å². The molecule has 228 valence electrons. The Kier molecular flexibility index (Phi) is 9.85. The van der Waals surface area contributed by atoms with Crippen LogP contribution in [0.3, 0.4) is 0 Å². The van der Waals surface area contributed by atoms with Crippen LogP contribution in [0.25, 0.3) is 11.2 Å². The number of aromatic nitrogens is 5. The van der Waals surface area contributed by atoms with Gasteiger partial charge < -0.3 is 34.3 Å². The highest BCUT2D eigenvalue weighted by atomic mass is 16.6. The second kappa shape index (κ2) is 13.9. The molecule has 0 unspecified atom stereocenters. The van der Waals surface area contributed by atoms with Crippen LogP contribution < -0.4 is 10.6 Å². The lowest BCUT2D eigenvalue weighted by molar-refractivity contribution is -0.151. The number of piperidine rings is 1. The van der Waals surface area contributed by atoms with Crippen molar-refractivity contribution < 1.29 is 28.3 Å². The summed E-state index contributed by atoms with van der Waals surface area (Å²) < 4.78 is 24.4. The number of rotatable bonds is 15. The van der Waals surface area contributed by atoms with Crippen molar-refractivity contribution in [1.82, 2.24) is 29.6 Å². The van der Waals surface area contributed by atoms with Crippen molar-refractivity contribution in [3.8, 4) is 0 Å². The van der Waals surface area contributed by atoms with Gasteiger partial charge in [-0.15, -0.1) is 0 Å². The van der Waals surface area contributed by atoms with E-state index in [4.69, 9.17) is 28.7 Å². The minimum absolute atomic E-state index is 0.192. The number of imidazole rings is 1. The van der Waals surface area contributed by atoms with Crippen LogP contribution in [-0.4, -0.2) is 86.9 Å². The largest absolute Gasteiger partial charge is 0.457 e. The zero-order valence-corrected chi connectivity index (χ0v) is 24.4. The summed E-state index contributed by atoms with van der Waals surface area (Å²) in [5.41, 5.74) is 1.73. The van der Waals surface area contributed by atoms with Gasteiger partial charge in [0.15, 0.2) is 47.3 Å². The zero-order chi connectivity index (χ0) is 29.5. The third kappa shape index (κ3) is 6.33. The van der Waals surface area contributed by atoms with Crippen LogP contribution in [-0.2, 0) is 30.2 Å². The molecule has 14 nitrogen and oxygen atoms in total. The molecule has 42 heavy (non-hydrogen) atoms. The molecule has 2 aliphatic rings. The topological polar surface area (TPSA) is 159 Å². The van der Waals surface area contributed by atoms with Gasteiger partial charge in [-0.2, -0.15) is 9.97 Å². The number of carbonyl (C=O) groups excluding carboxylic acids is 2. The van der Waals surface area contributed by atoms with E-state index in [0.717, 1.165) is 32.5 Å². The Morgan fingerprint density at radius 1 is 1.07 bits per heavy atom. The first-order valence-electron chi connectivity index (χ1n) is 14.9. The number of ether oxygens (including phenoxy) is 3. The van der Waals surface area contributed by atoms with Crippen molar-refractivity contribution in [3.05, 3.63) is 23.8 Å². The fraction of sp³-hybridized carbons (Fsp3) is 0.643. The van der Waals surface area contributed by atoms with E-state index >= 15 is 0 Å². The SMILES string of the molecule is CCc1cc([C@H]2O[C@@H](n3cnc4c(NC(CC)CC)nc(NCCN5CCCCC5)nc43)[C@H](OC=O)[C@@H]2OC=O)on1. The summed E-state index contributed by atoms with van der Waals surface area (Å²) in [5, 5.41) is 10.9. The number of aryl methyl sites for hydroxylation is 1. The summed E-state index contributed by atoms with van der Waals surface area (Å²) in [4.78, 5) is 39.8. The van der Waals surface area contributed by atoms with Crippen LogP contribution in [0.5, 0.6) is 0 Å². The molecular formula is C28H40N8O6. The van der Waals surface area contributed by atoms with E-state index in [1.807, 2.05) is 6.92 Å². The first kappa shape index (κ1) is 29.7. The van der Waals surface area contributed by atoms with E-state index in [0.29, 0.717) is 60.3 Å². The first-order valence-corrected chi connectivity index (χ1v) is 14.9. The molecule has 3 aromatic heterocycles. The van der Waals surface area contributed by atoms with Crippen LogP contribution in [0.1, 0.15) is 76.7 Å². The lowest BCUT2D eigenvalue weighted by Gasteiger charge is -2.26. The standard InChI is InChI=1S/C28H40N8O6/c1-4-18(5-2)31-25-21-26(33-28(32-25)29-10-13-35-11-8-7-9-12-35)36(15-30-21)27-24(40-17-38)23(39-16-37)22(41-27)20-14-19(6-3)34-42-20/h14-18,22-24,27H,4-13H2,1-3H3,(H2,29,31,32,33)/t22-,23-,24-,27-/m1/s1. The molecule has 0 amide bonds. The molecule has 14 heteroatoms. The smallest absolute Gasteiger partial charge is 0.293 e. The van der Waals surface area contributed by atoms with Crippen molar-refractivity contribution in [2.24, 2.45) is 0 Å². The van der Waals surface area contributed by atoms with Gasteiger partial charge in [-0.25, -0.2) is 4.98 Å². The molecule has 0 bridgehead atoms. The number of fused-ring (bicyclic) bond motifs is 1. The molecule has 2 fully saturated rings. The van der Waals surface area contributed by atoms with Crippen LogP contribution in [0.4, 0.5) is 11.8 Å². The van der Waals surface area contributed by atoms with Crippen molar-refractivity contribution in [3.63, 3.8) is 0 Å². The van der Waals surface area contributed by atoms with Gasteiger partial charge in [0.1, 0.15) is 0 Å². The van der Waals surface area contributed by atoms with Crippen molar-refractivity contribution in [2.75, 3.05) is 36.8 Å². The van der Waals surface area contributed by atoms with E-state index in [1.54, 1.807) is 17.0 Å². The zero-order valence-electron chi connectivity index (χ0n) is 24.4.